The fourth-order valence-corrected chi connectivity index (χ4v) is 0.602. The highest BCUT2D eigenvalue weighted by atomic mass is 19.3. The number of nitrogens with one attached hydrogen (secondary N) is 1. The molecule has 0 amide bonds. The third-order valence-electron chi connectivity index (χ3n) is 1.27. The van der Waals surface area contributed by atoms with Gasteiger partial charge in [-0.05, 0) is 12.8 Å². The van der Waals surface area contributed by atoms with E-state index >= 15 is 0 Å². The zero-order chi connectivity index (χ0) is 7.40. The largest absolute Gasteiger partial charge is 0.296 e. The van der Waals surface area contributed by atoms with Crippen molar-refractivity contribution in [3.63, 3.8) is 0 Å². The first-order chi connectivity index (χ1) is 4.79. The van der Waals surface area contributed by atoms with E-state index in [0.29, 0.717) is 18.9 Å². The van der Waals surface area contributed by atoms with Gasteiger partial charge in [-0.1, -0.05) is 0 Å². The molecule has 4 heteroatoms. The summed E-state index contributed by atoms with van der Waals surface area (Å²) in [6.45, 7) is 0.328. The Balaban J connectivity index is 1.92. The van der Waals surface area contributed by atoms with Crippen LogP contribution in [0, 0.1) is 0 Å². The minimum absolute atomic E-state index is 0.328. The molecule has 0 saturated heterocycles. The summed E-state index contributed by atoms with van der Waals surface area (Å²) < 4.78 is 22.8. The molecule has 1 rings (SSSR count). The predicted octanol–water partition coefficient (Wildman–Crippen LogP) is 1.03. The van der Waals surface area contributed by atoms with Crippen LogP contribution in [0.1, 0.15) is 12.8 Å². The SMILES string of the molecule is FC(F)C=NCNC1CC1. The maximum absolute atomic E-state index is 11.4. The number of hydrogen-bond donors (Lipinski definition) is 1. The van der Waals surface area contributed by atoms with Gasteiger partial charge in [0.2, 0.25) is 0 Å². The summed E-state index contributed by atoms with van der Waals surface area (Å²) in [4.78, 5) is 3.46. The van der Waals surface area contributed by atoms with Crippen LogP contribution in [0.5, 0.6) is 0 Å². The summed E-state index contributed by atoms with van der Waals surface area (Å²) in [5.41, 5.74) is 0. The van der Waals surface area contributed by atoms with Gasteiger partial charge < -0.3 is 0 Å². The minimum Gasteiger partial charge on any atom is -0.296 e. The summed E-state index contributed by atoms with van der Waals surface area (Å²) in [5, 5.41) is 2.98. The first kappa shape index (κ1) is 7.60. The van der Waals surface area contributed by atoms with Gasteiger partial charge in [0.15, 0.2) is 0 Å². The van der Waals surface area contributed by atoms with Crippen LogP contribution in [-0.2, 0) is 0 Å². The van der Waals surface area contributed by atoms with E-state index in [1.807, 2.05) is 0 Å². The van der Waals surface area contributed by atoms with Crippen molar-refractivity contribution in [2.24, 2.45) is 4.99 Å². The average Bonchev–Trinajstić information content (AvgIpc) is 2.62. The third-order valence-corrected chi connectivity index (χ3v) is 1.27. The fourth-order valence-electron chi connectivity index (χ4n) is 0.602. The Kier molecular flexibility index (Phi) is 2.74. The van der Waals surface area contributed by atoms with Crippen LogP contribution < -0.4 is 5.32 Å². The average molecular weight is 148 g/mol. The van der Waals surface area contributed by atoms with Gasteiger partial charge in [-0.3, -0.25) is 10.3 Å². The van der Waals surface area contributed by atoms with E-state index in [9.17, 15) is 8.78 Å². The highest BCUT2D eigenvalue weighted by Crippen LogP contribution is 2.17. The molecule has 1 fully saturated rings. The predicted molar refractivity (Wildman–Crippen MR) is 35.5 cm³/mol. The quantitative estimate of drug-likeness (QED) is 0.591. The second-order valence-corrected chi connectivity index (χ2v) is 2.30. The molecule has 0 aromatic carbocycles. The smallest absolute Gasteiger partial charge is 0.273 e. The lowest BCUT2D eigenvalue weighted by atomic mass is 10.7. The molecule has 2 nitrogen and oxygen atoms in total. The Hall–Kier alpha value is -0.510. The molecular formula is C6H10F2N2. The van der Waals surface area contributed by atoms with Crippen molar-refractivity contribution in [3.8, 4) is 0 Å². The number of hydrogen-bond acceptors (Lipinski definition) is 2. The highest BCUT2D eigenvalue weighted by Gasteiger charge is 2.19. The van der Waals surface area contributed by atoms with E-state index in [0.717, 1.165) is 12.8 Å². The zero-order valence-electron chi connectivity index (χ0n) is 5.56. The number of nitrogens with zero attached hydrogens (tertiary/aromatic N) is 1. The summed E-state index contributed by atoms with van der Waals surface area (Å²) in [6, 6.07) is 0.537. The standard InChI is InChI=1S/C6H10F2N2/c7-6(8)3-9-4-10-5-1-2-5/h3,5-6,10H,1-2,4H2. The van der Waals surface area contributed by atoms with Gasteiger partial charge in [0.25, 0.3) is 6.43 Å². The van der Waals surface area contributed by atoms with Crippen molar-refractivity contribution < 1.29 is 8.78 Å². The van der Waals surface area contributed by atoms with Crippen molar-refractivity contribution >= 4 is 6.21 Å². The van der Waals surface area contributed by atoms with Crippen LogP contribution in [0.2, 0.25) is 0 Å². The minimum atomic E-state index is -2.42. The van der Waals surface area contributed by atoms with E-state index in [2.05, 4.69) is 10.3 Å². The zero-order valence-corrected chi connectivity index (χ0v) is 5.56. The van der Waals surface area contributed by atoms with Gasteiger partial charge in [0, 0.05) is 6.04 Å². The third kappa shape index (κ3) is 3.50. The van der Waals surface area contributed by atoms with E-state index in [1.54, 1.807) is 0 Å². The highest BCUT2D eigenvalue weighted by molar-refractivity contribution is 5.60. The van der Waals surface area contributed by atoms with E-state index in [-0.39, 0.29) is 0 Å². The number of alkyl halides is 2. The van der Waals surface area contributed by atoms with Crippen LogP contribution in [0.3, 0.4) is 0 Å². The molecule has 0 unspecified atom stereocenters. The molecule has 0 aromatic rings. The van der Waals surface area contributed by atoms with Gasteiger partial charge in [-0.2, -0.15) is 0 Å². The molecule has 0 bridgehead atoms. The van der Waals surface area contributed by atoms with E-state index < -0.39 is 6.43 Å². The fraction of sp³-hybridized carbons (Fsp3) is 0.833. The molecule has 10 heavy (non-hydrogen) atoms. The van der Waals surface area contributed by atoms with E-state index in [1.165, 1.54) is 0 Å². The molecule has 1 aliphatic carbocycles. The molecule has 0 heterocycles. The topological polar surface area (TPSA) is 24.4 Å². The van der Waals surface area contributed by atoms with E-state index in [4.69, 9.17) is 0 Å². The Labute approximate surface area is 58.3 Å². The lowest BCUT2D eigenvalue weighted by molar-refractivity contribution is 0.231. The normalized spacial score (nSPS) is 19.1. The summed E-state index contributed by atoms with van der Waals surface area (Å²) >= 11 is 0. The van der Waals surface area contributed by atoms with Crippen molar-refractivity contribution in [1.29, 1.82) is 0 Å². The molecule has 0 radical (unpaired) electrons. The Morgan fingerprint density at radius 3 is 2.80 bits per heavy atom. The molecule has 0 atom stereocenters. The molecule has 58 valence electrons. The molecular weight excluding hydrogens is 138 g/mol. The van der Waals surface area contributed by atoms with Gasteiger partial charge in [0.1, 0.15) is 0 Å². The number of rotatable bonds is 4. The second-order valence-electron chi connectivity index (χ2n) is 2.30. The van der Waals surface area contributed by atoms with Crippen molar-refractivity contribution in [3.05, 3.63) is 0 Å². The van der Waals surface area contributed by atoms with Crippen LogP contribution in [0.25, 0.3) is 0 Å². The molecule has 0 aromatic heterocycles. The summed E-state index contributed by atoms with van der Waals surface area (Å²) in [5.74, 6) is 0. The van der Waals surface area contributed by atoms with Crippen LogP contribution in [0.15, 0.2) is 4.99 Å². The first-order valence-electron chi connectivity index (χ1n) is 3.30. The van der Waals surface area contributed by atoms with Gasteiger partial charge in [-0.15, -0.1) is 0 Å². The van der Waals surface area contributed by atoms with Crippen molar-refractivity contribution in [1.82, 2.24) is 5.32 Å². The second kappa shape index (κ2) is 3.61. The van der Waals surface area contributed by atoms with Crippen molar-refractivity contribution in [2.45, 2.75) is 25.3 Å². The van der Waals surface area contributed by atoms with Gasteiger partial charge in [-0.25, -0.2) is 8.78 Å². The lowest BCUT2D eigenvalue weighted by Crippen LogP contribution is -2.16. The number of aliphatic imine (C=N–C) groups is 1. The summed E-state index contributed by atoms with van der Waals surface area (Å²) in [7, 11) is 0. The van der Waals surface area contributed by atoms with Gasteiger partial charge in [0.05, 0.1) is 12.9 Å². The Bertz CT molecular complexity index is 121. The van der Waals surface area contributed by atoms with Crippen LogP contribution >= 0.6 is 0 Å². The molecule has 0 spiro atoms. The van der Waals surface area contributed by atoms with Crippen LogP contribution in [0.4, 0.5) is 8.78 Å². The van der Waals surface area contributed by atoms with Crippen LogP contribution in [-0.4, -0.2) is 25.4 Å². The molecule has 1 aliphatic rings. The number of halogens is 2. The van der Waals surface area contributed by atoms with Gasteiger partial charge >= 0.3 is 0 Å². The molecule has 1 saturated carbocycles. The molecule has 0 aliphatic heterocycles. The summed E-state index contributed by atoms with van der Waals surface area (Å²) in [6.07, 6.45) is 0.560. The first-order valence-corrected chi connectivity index (χ1v) is 3.30. The molecule has 1 N–H and O–H groups in total. The maximum Gasteiger partial charge on any atom is 0.273 e. The lowest BCUT2D eigenvalue weighted by Gasteiger charge is -1.94. The monoisotopic (exact) mass is 148 g/mol. The maximum atomic E-state index is 11.4. The Morgan fingerprint density at radius 1 is 1.60 bits per heavy atom. The van der Waals surface area contributed by atoms with Crippen molar-refractivity contribution in [2.75, 3.05) is 6.67 Å². The Morgan fingerprint density at radius 2 is 2.30 bits per heavy atom.